The zero-order valence-electron chi connectivity index (χ0n) is 32.0. The van der Waals surface area contributed by atoms with Crippen LogP contribution in [0.2, 0.25) is 0 Å². The van der Waals surface area contributed by atoms with E-state index in [4.69, 9.17) is 0 Å². The van der Waals surface area contributed by atoms with E-state index in [9.17, 15) is 0 Å². The van der Waals surface area contributed by atoms with Gasteiger partial charge in [-0.2, -0.15) is 0 Å². The predicted octanol–water partition coefficient (Wildman–Crippen LogP) is 15.9. The Bertz CT molecular complexity index is 2790. The quantitative estimate of drug-likeness (QED) is 0.145. The van der Waals surface area contributed by atoms with Crippen LogP contribution >= 0.6 is 0 Å². The predicted molar refractivity (Wildman–Crippen MR) is 247 cm³/mol. The number of benzene rings is 10. The molecule has 10 aromatic carbocycles. The molecule has 0 aliphatic rings. The van der Waals surface area contributed by atoms with Crippen LogP contribution in [0.4, 0.5) is 34.1 Å². The van der Waals surface area contributed by atoms with Gasteiger partial charge in [0.1, 0.15) is 0 Å². The Morgan fingerprint density at radius 3 is 0.966 bits per heavy atom. The lowest BCUT2D eigenvalue weighted by Crippen LogP contribution is -2.15. The lowest BCUT2D eigenvalue weighted by molar-refractivity contribution is 1.27. The van der Waals surface area contributed by atoms with Crippen LogP contribution in [0.25, 0.3) is 54.9 Å². The number of hydrogen-bond acceptors (Lipinski definition) is 2. The Morgan fingerprint density at radius 1 is 0.224 bits per heavy atom. The highest BCUT2D eigenvalue weighted by molar-refractivity contribution is 6.16. The molecular formula is C56H40N2. The zero-order valence-corrected chi connectivity index (χ0v) is 32.0. The molecule has 0 unspecified atom stereocenters. The molecule has 2 heteroatoms. The molecule has 274 valence electrons. The van der Waals surface area contributed by atoms with Crippen LogP contribution in [0.15, 0.2) is 243 Å². The van der Waals surface area contributed by atoms with Crippen molar-refractivity contribution < 1.29 is 0 Å². The average Bonchev–Trinajstić information content (AvgIpc) is 3.31. The van der Waals surface area contributed by atoms with Gasteiger partial charge in [0, 0.05) is 33.6 Å². The Labute approximate surface area is 340 Å². The summed E-state index contributed by atoms with van der Waals surface area (Å²) in [6, 6.07) is 87.5. The first-order chi connectivity index (χ1) is 28.8. The van der Waals surface area contributed by atoms with E-state index >= 15 is 0 Å². The highest BCUT2D eigenvalue weighted by Crippen LogP contribution is 2.53. The van der Waals surface area contributed by atoms with Crippen LogP contribution in [-0.2, 0) is 0 Å². The first-order valence-corrected chi connectivity index (χ1v) is 19.9. The maximum absolute atomic E-state index is 2.46. The van der Waals surface area contributed by atoms with Crippen molar-refractivity contribution in [1.82, 2.24) is 0 Å². The monoisotopic (exact) mass is 740 g/mol. The van der Waals surface area contributed by atoms with Crippen LogP contribution in [0, 0.1) is 0 Å². The summed E-state index contributed by atoms with van der Waals surface area (Å²) in [7, 11) is 0. The third kappa shape index (κ3) is 6.37. The van der Waals surface area contributed by atoms with E-state index in [1.165, 1.54) is 32.7 Å². The highest BCUT2D eigenvalue weighted by atomic mass is 15.2. The average molecular weight is 741 g/mol. The van der Waals surface area contributed by atoms with E-state index in [-0.39, 0.29) is 0 Å². The summed E-state index contributed by atoms with van der Waals surface area (Å²) >= 11 is 0. The normalized spacial score (nSPS) is 11.1. The SMILES string of the molecule is c1ccc(-c2ccccc2N(c2ccccc2)c2ccc3ccccc3c2-c2c(N(c3ccccc3)c3ccccc3-c3ccccc3)ccc3ccccc23)cc1. The summed E-state index contributed by atoms with van der Waals surface area (Å²) in [5.41, 5.74) is 13.5. The second kappa shape index (κ2) is 15.5. The van der Waals surface area contributed by atoms with E-state index in [0.29, 0.717) is 0 Å². The summed E-state index contributed by atoms with van der Waals surface area (Å²) < 4.78 is 0. The van der Waals surface area contributed by atoms with Crippen molar-refractivity contribution in [1.29, 1.82) is 0 Å². The van der Waals surface area contributed by atoms with Crippen LogP contribution in [0.5, 0.6) is 0 Å². The summed E-state index contributed by atoms with van der Waals surface area (Å²) in [5, 5.41) is 4.72. The second-order valence-corrected chi connectivity index (χ2v) is 14.5. The van der Waals surface area contributed by atoms with Crippen LogP contribution < -0.4 is 9.80 Å². The van der Waals surface area contributed by atoms with E-state index < -0.39 is 0 Å². The molecule has 0 spiro atoms. The fraction of sp³-hybridized carbons (Fsp3) is 0. The number of anilines is 6. The minimum Gasteiger partial charge on any atom is -0.309 e. The number of nitrogens with zero attached hydrogens (tertiary/aromatic N) is 2. The topological polar surface area (TPSA) is 6.48 Å². The summed E-state index contributed by atoms with van der Waals surface area (Å²) in [6.07, 6.45) is 0. The Hall–Kier alpha value is -7.68. The number of rotatable bonds is 9. The zero-order chi connectivity index (χ0) is 38.7. The first-order valence-electron chi connectivity index (χ1n) is 19.9. The molecule has 0 heterocycles. The molecule has 0 aromatic heterocycles. The Balaban J connectivity index is 1.34. The third-order valence-electron chi connectivity index (χ3n) is 11.0. The van der Waals surface area contributed by atoms with E-state index in [0.717, 1.165) is 56.4 Å². The van der Waals surface area contributed by atoms with Gasteiger partial charge >= 0.3 is 0 Å². The van der Waals surface area contributed by atoms with Gasteiger partial charge in [-0.05, 0) is 81.2 Å². The first kappa shape index (κ1) is 34.8. The smallest absolute Gasteiger partial charge is 0.0547 e. The van der Waals surface area contributed by atoms with Gasteiger partial charge in [-0.1, -0.05) is 194 Å². The van der Waals surface area contributed by atoms with Crippen molar-refractivity contribution in [2.45, 2.75) is 0 Å². The molecule has 10 rings (SSSR count). The fourth-order valence-electron chi connectivity index (χ4n) is 8.45. The second-order valence-electron chi connectivity index (χ2n) is 14.5. The minimum atomic E-state index is 1.08. The Morgan fingerprint density at radius 2 is 0.552 bits per heavy atom. The summed E-state index contributed by atoms with van der Waals surface area (Å²) in [4.78, 5) is 4.92. The number of para-hydroxylation sites is 4. The van der Waals surface area contributed by atoms with Crippen molar-refractivity contribution in [3.05, 3.63) is 243 Å². The molecule has 0 radical (unpaired) electrons. The molecule has 0 aliphatic carbocycles. The van der Waals surface area contributed by atoms with Gasteiger partial charge in [0.25, 0.3) is 0 Å². The van der Waals surface area contributed by atoms with Crippen LogP contribution in [0.1, 0.15) is 0 Å². The van der Waals surface area contributed by atoms with Gasteiger partial charge in [0.2, 0.25) is 0 Å². The van der Waals surface area contributed by atoms with Crippen molar-refractivity contribution in [2.75, 3.05) is 9.80 Å². The fourth-order valence-corrected chi connectivity index (χ4v) is 8.45. The van der Waals surface area contributed by atoms with E-state index in [1.54, 1.807) is 0 Å². The largest absolute Gasteiger partial charge is 0.309 e. The standard InChI is InChI=1S/C56H40N2/c1-5-21-41(22-6-1)47-31-17-19-35-51(47)57(45-27-9-3-10-28-45)53-39-37-43-25-13-15-33-49(43)55(53)56-50-34-16-14-26-44(50)38-40-54(56)58(46-29-11-4-12-30-46)52-36-20-18-32-48(52)42-23-7-2-8-24-42/h1-40H. The summed E-state index contributed by atoms with van der Waals surface area (Å²) in [6.45, 7) is 0. The molecule has 0 amide bonds. The molecule has 0 fully saturated rings. The van der Waals surface area contributed by atoms with Gasteiger partial charge in [0.05, 0.1) is 22.7 Å². The van der Waals surface area contributed by atoms with Crippen LogP contribution in [-0.4, -0.2) is 0 Å². The van der Waals surface area contributed by atoms with E-state index in [1.807, 2.05) is 0 Å². The van der Waals surface area contributed by atoms with Crippen LogP contribution in [0.3, 0.4) is 0 Å². The molecule has 0 atom stereocenters. The molecule has 0 saturated heterocycles. The third-order valence-corrected chi connectivity index (χ3v) is 11.0. The van der Waals surface area contributed by atoms with Gasteiger partial charge in [-0.3, -0.25) is 0 Å². The maximum Gasteiger partial charge on any atom is 0.0547 e. The summed E-state index contributed by atoms with van der Waals surface area (Å²) in [5.74, 6) is 0. The number of hydrogen-bond donors (Lipinski definition) is 0. The lowest BCUT2D eigenvalue weighted by Gasteiger charge is -2.34. The molecule has 0 bridgehead atoms. The van der Waals surface area contributed by atoms with Crippen molar-refractivity contribution in [3.8, 4) is 33.4 Å². The Kier molecular flexibility index (Phi) is 9.27. The van der Waals surface area contributed by atoms with Crippen molar-refractivity contribution >= 4 is 55.7 Å². The van der Waals surface area contributed by atoms with Gasteiger partial charge in [-0.25, -0.2) is 0 Å². The maximum atomic E-state index is 2.46. The molecule has 0 N–H and O–H groups in total. The minimum absolute atomic E-state index is 1.08. The van der Waals surface area contributed by atoms with Gasteiger partial charge in [-0.15, -0.1) is 0 Å². The van der Waals surface area contributed by atoms with Gasteiger partial charge in [0.15, 0.2) is 0 Å². The molecular weight excluding hydrogens is 701 g/mol. The molecule has 0 aliphatic heterocycles. The highest BCUT2D eigenvalue weighted by Gasteiger charge is 2.27. The molecule has 2 nitrogen and oxygen atoms in total. The van der Waals surface area contributed by atoms with Crippen molar-refractivity contribution in [2.24, 2.45) is 0 Å². The number of fused-ring (bicyclic) bond motifs is 2. The van der Waals surface area contributed by atoms with E-state index in [2.05, 4.69) is 252 Å². The molecule has 0 saturated carbocycles. The van der Waals surface area contributed by atoms with Crippen molar-refractivity contribution in [3.63, 3.8) is 0 Å². The molecule has 58 heavy (non-hydrogen) atoms. The molecule has 10 aromatic rings. The lowest BCUT2D eigenvalue weighted by atomic mass is 9.89. The van der Waals surface area contributed by atoms with Gasteiger partial charge < -0.3 is 9.80 Å².